The number of hydrogen-bond donors (Lipinski definition) is 1. The Morgan fingerprint density at radius 2 is 1.68 bits per heavy atom. The fraction of sp³-hybridized carbons (Fsp3) is 0.333. The molecule has 214 valence electrons. The van der Waals surface area contributed by atoms with Crippen LogP contribution in [0, 0.1) is 6.92 Å². The molecule has 0 fully saturated rings. The number of carbonyl (C=O) groups is 2. The normalized spacial score (nSPS) is 12.8. The number of nitrogens with one attached hydrogen (secondary N) is 1. The third-order valence-corrected chi connectivity index (χ3v) is 8.65. The van der Waals surface area contributed by atoms with Gasteiger partial charge in [0.25, 0.3) is 10.0 Å². The first-order chi connectivity index (χ1) is 19.0. The lowest BCUT2D eigenvalue weighted by molar-refractivity contribution is -0.139. The van der Waals surface area contributed by atoms with E-state index in [0.29, 0.717) is 10.8 Å². The molecule has 10 heteroatoms. The van der Waals surface area contributed by atoms with E-state index >= 15 is 0 Å². The molecule has 0 aliphatic rings. The molecule has 3 rings (SSSR count). The lowest BCUT2D eigenvalue weighted by Gasteiger charge is -2.32. The predicted molar refractivity (Wildman–Crippen MR) is 158 cm³/mol. The minimum Gasteiger partial charge on any atom is -0.497 e. The highest BCUT2D eigenvalue weighted by molar-refractivity contribution is 7.92. The minimum absolute atomic E-state index is 0.0196. The Morgan fingerprint density at radius 1 is 1.00 bits per heavy atom. The number of hydrogen-bond acceptors (Lipinski definition) is 5. The van der Waals surface area contributed by atoms with Crippen molar-refractivity contribution in [3.8, 4) is 5.75 Å². The Labute approximate surface area is 241 Å². The molecule has 3 aromatic carbocycles. The molecule has 0 aliphatic heterocycles. The molecule has 0 aromatic heterocycles. The van der Waals surface area contributed by atoms with E-state index in [-0.39, 0.29) is 29.1 Å². The molecule has 0 bridgehead atoms. The van der Waals surface area contributed by atoms with Crippen LogP contribution < -0.4 is 14.4 Å². The van der Waals surface area contributed by atoms with Crippen molar-refractivity contribution in [1.82, 2.24) is 10.2 Å². The van der Waals surface area contributed by atoms with Gasteiger partial charge >= 0.3 is 0 Å². The summed E-state index contributed by atoms with van der Waals surface area (Å²) in [7, 11) is -2.71. The van der Waals surface area contributed by atoms with Gasteiger partial charge in [0.1, 0.15) is 18.3 Å². The van der Waals surface area contributed by atoms with Crippen LogP contribution >= 0.6 is 11.6 Å². The molecular weight excluding hydrogens is 550 g/mol. The lowest BCUT2D eigenvalue weighted by atomic mass is 10.1. The van der Waals surface area contributed by atoms with Crippen LogP contribution in [0.25, 0.3) is 0 Å². The summed E-state index contributed by atoms with van der Waals surface area (Å²) in [5.74, 6) is -0.358. The topological polar surface area (TPSA) is 96.0 Å². The van der Waals surface area contributed by atoms with Crippen molar-refractivity contribution < 1.29 is 22.7 Å². The van der Waals surface area contributed by atoms with Gasteiger partial charge in [-0.3, -0.25) is 13.9 Å². The highest BCUT2D eigenvalue weighted by Crippen LogP contribution is 2.28. The first-order valence-corrected chi connectivity index (χ1v) is 14.9. The largest absolute Gasteiger partial charge is 0.497 e. The van der Waals surface area contributed by atoms with Crippen molar-refractivity contribution >= 4 is 39.1 Å². The third kappa shape index (κ3) is 7.76. The van der Waals surface area contributed by atoms with E-state index in [4.69, 9.17) is 16.3 Å². The van der Waals surface area contributed by atoms with Gasteiger partial charge in [0.15, 0.2) is 0 Å². The zero-order valence-electron chi connectivity index (χ0n) is 23.4. The summed E-state index contributed by atoms with van der Waals surface area (Å²) >= 11 is 6.21. The lowest BCUT2D eigenvalue weighted by Crippen LogP contribution is -2.52. The number of carbonyl (C=O) groups excluding carboxylic acids is 2. The number of sulfonamides is 1. The Hall–Kier alpha value is -3.56. The number of benzene rings is 3. The first-order valence-electron chi connectivity index (χ1n) is 13.0. The fourth-order valence-electron chi connectivity index (χ4n) is 4.09. The highest BCUT2D eigenvalue weighted by atomic mass is 35.5. The van der Waals surface area contributed by atoms with E-state index in [1.807, 2.05) is 45.0 Å². The van der Waals surface area contributed by atoms with Gasteiger partial charge < -0.3 is 15.0 Å². The maximum atomic E-state index is 14.0. The Bertz CT molecular complexity index is 1430. The Balaban J connectivity index is 2.03. The molecule has 0 saturated heterocycles. The zero-order chi connectivity index (χ0) is 29.4. The second-order valence-electron chi connectivity index (χ2n) is 9.67. The van der Waals surface area contributed by atoms with Crippen LogP contribution in [0.2, 0.25) is 5.02 Å². The maximum absolute atomic E-state index is 14.0. The summed E-state index contributed by atoms with van der Waals surface area (Å²) < 4.78 is 34.0. The van der Waals surface area contributed by atoms with Crippen molar-refractivity contribution in [2.75, 3.05) is 18.0 Å². The summed E-state index contributed by atoms with van der Waals surface area (Å²) in [5, 5.41) is 3.24. The molecule has 0 spiro atoms. The Morgan fingerprint density at radius 3 is 2.27 bits per heavy atom. The molecule has 40 heavy (non-hydrogen) atoms. The number of halogens is 1. The highest BCUT2D eigenvalue weighted by Gasteiger charge is 2.33. The standard InChI is InChI=1S/C30H36ClN3O5S/c1-6-22(3)32-30(36)23(4)33(19-24-10-7-9-21(2)17-24)29(35)20-34(26-12-8-11-25(31)18-26)40(37,38)28-15-13-27(39-5)14-16-28/h7-18,22-23H,6,19-20H2,1-5H3,(H,32,36)/t22-,23+/m1/s1. The molecule has 3 aromatic rings. The number of ether oxygens (including phenoxy) is 1. The van der Waals surface area contributed by atoms with E-state index in [2.05, 4.69) is 5.32 Å². The van der Waals surface area contributed by atoms with Crippen molar-refractivity contribution in [3.63, 3.8) is 0 Å². The molecule has 2 amide bonds. The number of aryl methyl sites for hydroxylation is 1. The molecule has 0 aliphatic carbocycles. The van der Waals surface area contributed by atoms with Crippen LogP contribution in [0.4, 0.5) is 5.69 Å². The average molecular weight is 586 g/mol. The van der Waals surface area contributed by atoms with Gasteiger partial charge in [-0.2, -0.15) is 0 Å². The second-order valence-corrected chi connectivity index (χ2v) is 12.0. The predicted octanol–water partition coefficient (Wildman–Crippen LogP) is 5.18. The quantitative estimate of drug-likeness (QED) is 0.316. The number of amides is 2. The van der Waals surface area contributed by atoms with Crippen molar-refractivity contribution in [2.45, 2.75) is 57.6 Å². The molecule has 0 saturated carbocycles. The van der Waals surface area contributed by atoms with E-state index in [9.17, 15) is 18.0 Å². The molecule has 0 radical (unpaired) electrons. The summed E-state index contributed by atoms with van der Waals surface area (Å²) in [5.41, 5.74) is 2.05. The molecular formula is C30H36ClN3O5S. The third-order valence-electron chi connectivity index (χ3n) is 6.63. The number of nitrogens with zero attached hydrogens (tertiary/aromatic N) is 2. The minimum atomic E-state index is -4.20. The summed E-state index contributed by atoms with van der Waals surface area (Å²) in [4.78, 5) is 28.5. The second kappa shape index (κ2) is 13.7. The number of rotatable bonds is 12. The van der Waals surface area contributed by atoms with Gasteiger partial charge in [-0.05, 0) is 75.2 Å². The van der Waals surface area contributed by atoms with Gasteiger partial charge in [-0.25, -0.2) is 8.42 Å². The fourth-order valence-corrected chi connectivity index (χ4v) is 5.68. The first kappa shape index (κ1) is 31.0. The van der Waals surface area contributed by atoms with Crippen molar-refractivity contribution in [2.24, 2.45) is 0 Å². The zero-order valence-corrected chi connectivity index (χ0v) is 25.0. The van der Waals surface area contributed by atoms with Crippen molar-refractivity contribution in [1.29, 1.82) is 0 Å². The summed E-state index contributed by atoms with van der Waals surface area (Å²) in [6, 6.07) is 18.9. The van der Waals surface area contributed by atoms with E-state index in [1.54, 1.807) is 25.1 Å². The Kier molecular flexibility index (Phi) is 10.6. The average Bonchev–Trinajstić information content (AvgIpc) is 2.93. The summed E-state index contributed by atoms with van der Waals surface area (Å²) in [6.07, 6.45) is 0.729. The van der Waals surface area contributed by atoms with Crippen LogP contribution in [0.1, 0.15) is 38.3 Å². The monoisotopic (exact) mass is 585 g/mol. The molecule has 0 heterocycles. The van der Waals surface area contributed by atoms with Crippen LogP contribution in [0.3, 0.4) is 0 Å². The van der Waals surface area contributed by atoms with Crippen molar-refractivity contribution in [3.05, 3.63) is 88.9 Å². The molecule has 1 N–H and O–H groups in total. The van der Waals surface area contributed by atoms with Crippen LogP contribution in [-0.4, -0.2) is 50.9 Å². The molecule has 2 atom stereocenters. The van der Waals surface area contributed by atoms with Crippen LogP contribution in [-0.2, 0) is 26.2 Å². The summed E-state index contributed by atoms with van der Waals surface area (Å²) in [6.45, 7) is 7.02. The van der Waals surface area contributed by atoms with Gasteiger partial charge in [0, 0.05) is 17.6 Å². The molecule has 0 unspecified atom stereocenters. The van der Waals surface area contributed by atoms with Crippen LogP contribution in [0.15, 0.2) is 77.7 Å². The maximum Gasteiger partial charge on any atom is 0.264 e. The van der Waals surface area contributed by atoms with Gasteiger partial charge in [0.2, 0.25) is 11.8 Å². The smallest absolute Gasteiger partial charge is 0.264 e. The SMILES string of the molecule is CC[C@@H](C)NC(=O)[C@H](C)N(Cc1cccc(C)c1)C(=O)CN(c1cccc(Cl)c1)S(=O)(=O)c1ccc(OC)cc1. The van der Waals surface area contributed by atoms with Crippen LogP contribution in [0.5, 0.6) is 5.75 Å². The van der Waals surface area contributed by atoms with E-state index in [1.165, 1.54) is 42.3 Å². The van der Waals surface area contributed by atoms with E-state index < -0.39 is 28.5 Å². The molecule has 8 nitrogen and oxygen atoms in total. The van der Waals surface area contributed by atoms with Gasteiger partial charge in [-0.1, -0.05) is 54.4 Å². The van der Waals surface area contributed by atoms with E-state index in [0.717, 1.165) is 21.9 Å². The van der Waals surface area contributed by atoms with Gasteiger partial charge in [0.05, 0.1) is 17.7 Å². The number of methoxy groups -OCH3 is 1. The number of anilines is 1. The van der Waals surface area contributed by atoms with Gasteiger partial charge in [-0.15, -0.1) is 0 Å².